The van der Waals surface area contributed by atoms with Crippen LogP contribution in [-0.2, 0) is 6.54 Å². The largest absolute Gasteiger partial charge is 0.349 e. The van der Waals surface area contributed by atoms with E-state index >= 15 is 0 Å². The van der Waals surface area contributed by atoms with Crippen molar-refractivity contribution in [3.05, 3.63) is 48.0 Å². The van der Waals surface area contributed by atoms with Gasteiger partial charge in [-0.05, 0) is 24.7 Å². The van der Waals surface area contributed by atoms with E-state index in [1.165, 1.54) is 0 Å². The van der Waals surface area contributed by atoms with E-state index in [9.17, 15) is 4.79 Å². The summed E-state index contributed by atoms with van der Waals surface area (Å²) >= 11 is 0. The average molecular weight is 326 g/mol. The third-order valence-corrected chi connectivity index (χ3v) is 4.14. The first-order valence-electron chi connectivity index (χ1n) is 8.24. The van der Waals surface area contributed by atoms with Crippen molar-refractivity contribution in [1.82, 2.24) is 24.8 Å². The fourth-order valence-corrected chi connectivity index (χ4v) is 2.66. The van der Waals surface area contributed by atoms with Gasteiger partial charge < -0.3 is 15.1 Å². The third kappa shape index (κ3) is 4.05. The second-order valence-corrected chi connectivity index (χ2v) is 5.67. The van der Waals surface area contributed by atoms with Crippen LogP contribution in [0, 0.1) is 0 Å². The molecule has 1 saturated heterocycles. The Balaban J connectivity index is 1.61. The number of carbonyl (C=O) groups is 1. The highest BCUT2D eigenvalue weighted by Gasteiger charge is 2.22. The molecule has 7 heteroatoms. The van der Waals surface area contributed by atoms with E-state index in [4.69, 9.17) is 0 Å². The Labute approximate surface area is 141 Å². The van der Waals surface area contributed by atoms with Gasteiger partial charge in [-0.15, -0.1) is 0 Å². The molecule has 2 aromatic rings. The predicted octanol–water partition coefficient (Wildman–Crippen LogP) is 1.26. The molecule has 7 nitrogen and oxygen atoms in total. The van der Waals surface area contributed by atoms with Crippen molar-refractivity contribution in [1.29, 1.82) is 0 Å². The highest BCUT2D eigenvalue weighted by atomic mass is 16.2. The Hall–Kier alpha value is -2.54. The van der Waals surface area contributed by atoms with E-state index < -0.39 is 0 Å². The van der Waals surface area contributed by atoms with Gasteiger partial charge in [0.2, 0.25) is 5.95 Å². The minimum Gasteiger partial charge on any atom is -0.349 e. The minimum absolute atomic E-state index is 0.0333. The highest BCUT2D eigenvalue weighted by molar-refractivity contribution is 5.92. The molecule has 0 aromatic carbocycles. The van der Waals surface area contributed by atoms with Crippen molar-refractivity contribution in [2.75, 3.05) is 38.0 Å². The van der Waals surface area contributed by atoms with Crippen LogP contribution in [-0.4, -0.2) is 63.4 Å². The Bertz CT molecular complexity index is 670. The summed E-state index contributed by atoms with van der Waals surface area (Å²) in [6.45, 7) is 7.00. The molecule has 0 aliphatic carbocycles. The van der Waals surface area contributed by atoms with E-state index in [1.807, 2.05) is 23.1 Å². The zero-order chi connectivity index (χ0) is 16.8. The molecule has 0 bridgehead atoms. The molecule has 3 heterocycles. The number of piperazine rings is 1. The first-order valence-corrected chi connectivity index (χ1v) is 8.24. The maximum absolute atomic E-state index is 12.6. The molecule has 0 unspecified atom stereocenters. The zero-order valence-corrected chi connectivity index (χ0v) is 13.9. The predicted molar refractivity (Wildman–Crippen MR) is 91.6 cm³/mol. The first-order chi connectivity index (χ1) is 11.8. The van der Waals surface area contributed by atoms with Gasteiger partial charge in [0.05, 0.1) is 12.2 Å². The molecule has 24 heavy (non-hydrogen) atoms. The topological polar surface area (TPSA) is 74.2 Å². The van der Waals surface area contributed by atoms with Gasteiger partial charge in [-0.2, -0.15) is 0 Å². The second-order valence-electron chi connectivity index (χ2n) is 5.67. The van der Waals surface area contributed by atoms with E-state index in [0.29, 0.717) is 18.2 Å². The molecule has 1 N–H and O–H groups in total. The summed E-state index contributed by atoms with van der Waals surface area (Å²) in [5.41, 5.74) is 1.33. The number of hydrogen-bond donors (Lipinski definition) is 1. The van der Waals surface area contributed by atoms with Crippen LogP contribution in [0.5, 0.6) is 0 Å². The third-order valence-electron chi connectivity index (χ3n) is 4.14. The fourth-order valence-electron chi connectivity index (χ4n) is 2.66. The monoisotopic (exact) mass is 326 g/mol. The number of anilines is 1. The highest BCUT2D eigenvalue weighted by Crippen LogP contribution is 2.09. The molecule has 1 amide bonds. The van der Waals surface area contributed by atoms with Crippen LogP contribution in [0.2, 0.25) is 0 Å². The van der Waals surface area contributed by atoms with Crippen LogP contribution in [0.25, 0.3) is 0 Å². The lowest BCUT2D eigenvalue weighted by Gasteiger charge is -2.33. The van der Waals surface area contributed by atoms with Gasteiger partial charge in [-0.3, -0.25) is 9.78 Å². The minimum atomic E-state index is -0.0333. The first kappa shape index (κ1) is 16.3. The second kappa shape index (κ2) is 7.83. The summed E-state index contributed by atoms with van der Waals surface area (Å²) in [6.07, 6.45) is 3.36. The molecule has 0 radical (unpaired) electrons. The molecule has 2 aromatic heterocycles. The van der Waals surface area contributed by atoms with Gasteiger partial charge in [0.15, 0.2) is 0 Å². The maximum atomic E-state index is 12.6. The number of hydrogen-bond acceptors (Lipinski definition) is 6. The van der Waals surface area contributed by atoms with Crippen molar-refractivity contribution in [3.63, 3.8) is 0 Å². The number of nitrogens with zero attached hydrogens (tertiary/aromatic N) is 5. The van der Waals surface area contributed by atoms with E-state index in [-0.39, 0.29) is 5.91 Å². The van der Waals surface area contributed by atoms with Crippen LogP contribution in [0.1, 0.15) is 23.1 Å². The lowest BCUT2D eigenvalue weighted by Crippen LogP contribution is -2.48. The van der Waals surface area contributed by atoms with Crippen molar-refractivity contribution in [2.45, 2.75) is 13.5 Å². The number of rotatable bonds is 5. The zero-order valence-electron chi connectivity index (χ0n) is 13.9. The van der Waals surface area contributed by atoms with Crippen LogP contribution in [0.15, 0.2) is 36.7 Å². The van der Waals surface area contributed by atoms with Gasteiger partial charge in [0.25, 0.3) is 5.91 Å². The Morgan fingerprint density at radius 1 is 1.12 bits per heavy atom. The number of amides is 1. The maximum Gasteiger partial charge on any atom is 0.272 e. The van der Waals surface area contributed by atoms with Crippen LogP contribution >= 0.6 is 0 Å². The summed E-state index contributed by atoms with van der Waals surface area (Å²) < 4.78 is 0. The average Bonchev–Trinajstić information content (AvgIpc) is 2.67. The standard InChI is InChI=1S/C17H22N6O/c1-2-22-9-11-23(12-10-22)16(24)15-6-8-19-17(21-15)20-13-14-5-3-4-7-18-14/h3-8H,2,9-13H2,1H3,(H,19,20,21). The molecule has 0 spiro atoms. The molecule has 126 valence electrons. The number of pyridine rings is 1. The molecular formula is C17H22N6O. The Morgan fingerprint density at radius 2 is 1.96 bits per heavy atom. The molecule has 0 saturated carbocycles. The lowest BCUT2D eigenvalue weighted by molar-refractivity contribution is 0.0637. The number of likely N-dealkylation sites (N-methyl/N-ethyl adjacent to an activating group) is 1. The molecule has 3 rings (SSSR count). The quantitative estimate of drug-likeness (QED) is 0.892. The Kier molecular flexibility index (Phi) is 5.32. The van der Waals surface area contributed by atoms with Crippen LogP contribution < -0.4 is 5.32 Å². The smallest absolute Gasteiger partial charge is 0.272 e. The number of nitrogens with one attached hydrogen (secondary N) is 1. The number of aromatic nitrogens is 3. The van der Waals surface area contributed by atoms with Crippen LogP contribution in [0.4, 0.5) is 5.95 Å². The van der Waals surface area contributed by atoms with E-state index in [2.05, 4.69) is 32.1 Å². The normalized spacial score (nSPS) is 15.3. The van der Waals surface area contributed by atoms with Crippen molar-refractivity contribution in [3.8, 4) is 0 Å². The van der Waals surface area contributed by atoms with Crippen LogP contribution in [0.3, 0.4) is 0 Å². The van der Waals surface area contributed by atoms with Gasteiger partial charge >= 0.3 is 0 Å². The lowest BCUT2D eigenvalue weighted by atomic mass is 10.2. The molecule has 1 fully saturated rings. The molecular weight excluding hydrogens is 304 g/mol. The SMILES string of the molecule is CCN1CCN(C(=O)c2ccnc(NCc3ccccn3)n2)CC1. The summed E-state index contributed by atoms with van der Waals surface area (Å²) in [7, 11) is 0. The number of carbonyl (C=O) groups excluding carboxylic acids is 1. The van der Waals surface area contributed by atoms with Crippen molar-refractivity contribution in [2.24, 2.45) is 0 Å². The van der Waals surface area contributed by atoms with Gasteiger partial charge in [-0.1, -0.05) is 13.0 Å². The fraction of sp³-hybridized carbons (Fsp3) is 0.412. The van der Waals surface area contributed by atoms with E-state index in [0.717, 1.165) is 38.4 Å². The van der Waals surface area contributed by atoms with Gasteiger partial charge in [0, 0.05) is 38.6 Å². The van der Waals surface area contributed by atoms with E-state index in [1.54, 1.807) is 18.5 Å². The summed E-state index contributed by atoms with van der Waals surface area (Å²) in [4.78, 5) is 29.6. The van der Waals surface area contributed by atoms with Gasteiger partial charge in [-0.25, -0.2) is 9.97 Å². The Morgan fingerprint density at radius 3 is 2.67 bits per heavy atom. The van der Waals surface area contributed by atoms with Crippen molar-refractivity contribution >= 4 is 11.9 Å². The summed E-state index contributed by atoms with van der Waals surface area (Å²) in [5, 5.41) is 3.11. The molecule has 1 aliphatic heterocycles. The van der Waals surface area contributed by atoms with Crippen molar-refractivity contribution < 1.29 is 4.79 Å². The molecule has 0 atom stereocenters. The molecule has 1 aliphatic rings. The summed E-state index contributed by atoms with van der Waals surface area (Å²) in [6, 6.07) is 7.40. The van der Waals surface area contributed by atoms with Gasteiger partial charge in [0.1, 0.15) is 5.69 Å². The summed E-state index contributed by atoms with van der Waals surface area (Å²) in [5.74, 6) is 0.410.